The molecule has 10 heteroatoms. The van der Waals surface area contributed by atoms with Crippen LogP contribution in [0.1, 0.15) is 6.92 Å². The molecule has 0 spiro atoms. The Morgan fingerprint density at radius 2 is 1.71 bits per heavy atom. The fourth-order valence-electron chi connectivity index (χ4n) is 4.43. The summed E-state index contributed by atoms with van der Waals surface area (Å²) in [7, 11) is -5.34. The van der Waals surface area contributed by atoms with Crippen molar-refractivity contribution in [2.45, 2.75) is 11.8 Å². The van der Waals surface area contributed by atoms with E-state index >= 15 is 0 Å². The number of rotatable bonds is 6. The minimum atomic E-state index is -3.25. The molecule has 1 saturated heterocycles. The van der Waals surface area contributed by atoms with Crippen molar-refractivity contribution in [3.05, 3.63) is 66.9 Å². The van der Waals surface area contributed by atoms with Crippen LogP contribution in [-0.2, 0) is 9.84 Å². The zero-order chi connectivity index (χ0) is 24.6. The summed E-state index contributed by atoms with van der Waals surface area (Å²) >= 11 is 0. The number of anilines is 2. The van der Waals surface area contributed by atoms with E-state index in [1.165, 1.54) is 6.26 Å². The van der Waals surface area contributed by atoms with Crippen LogP contribution in [0, 0.1) is 0 Å². The normalized spacial score (nSPS) is 16.4. The topological polar surface area (TPSA) is 99.8 Å². The Labute approximate surface area is 206 Å². The number of aromatic nitrogens is 3. The molecule has 2 N–H and O–H groups in total. The van der Waals surface area contributed by atoms with Gasteiger partial charge in [-0.2, -0.15) is 4.98 Å². The number of pyridine rings is 1. The summed E-state index contributed by atoms with van der Waals surface area (Å²) in [6, 6.07) is 18.6. The predicted molar refractivity (Wildman–Crippen MR) is 142 cm³/mol. The van der Waals surface area contributed by atoms with Crippen LogP contribution in [0.2, 0.25) is 0 Å². The fraction of sp³-hybridized carbons (Fsp3) is 0.280. The predicted octanol–water partition coefficient (Wildman–Crippen LogP) is 3.43. The second kappa shape index (κ2) is 9.32. The SMILES string of the molecule is CCN1CC[P+](O)(c2ccc(Nc3nc4c(-c5ccc(S(C)(=O)=O)cc5)cccn4n3)cc2)CC1. The van der Waals surface area contributed by atoms with Crippen LogP contribution >= 0.6 is 7.49 Å². The number of nitrogens with one attached hydrogen (secondary N) is 1. The molecule has 0 saturated carbocycles. The van der Waals surface area contributed by atoms with E-state index in [4.69, 9.17) is 0 Å². The lowest BCUT2D eigenvalue weighted by Crippen LogP contribution is -2.39. The molecular formula is C25H29N5O3PS+. The maximum absolute atomic E-state index is 11.8. The summed E-state index contributed by atoms with van der Waals surface area (Å²) in [5, 5.41) is 8.85. The number of benzene rings is 2. The highest BCUT2D eigenvalue weighted by molar-refractivity contribution is 7.90. The van der Waals surface area contributed by atoms with Gasteiger partial charge in [-0.15, -0.1) is 5.10 Å². The first-order chi connectivity index (χ1) is 16.7. The highest BCUT2D eigenvalue weighted by Gasteiger charge is 2.41. The Bertz CT molecular complexity index is 1450. The molecule has 1 fully saturated rings. The lowest BCUT2D eigenvalue weighted by atomic mass is 10.1. The van der Waals surface area contributed by atoms with Gasteiger partial charge in [0, 0.05) is 36.8 Å². The van der Waals surface area contributed by atoms with Gasteiger partial charge >= 0.3 is 0 Å². The van der Waals surface area contributed by atoms with Crippen LogP contribution < -0.4 is 10.6 Å². The van der Waals surface area contributed by atoms with Gasteiger partial charge in [-0.1, -0.05) is 19.1 Å². The van der Waals surface area contributed by atoms with Gasteiger partial charge < -0.3 is 5.32 Å². The third kappa shape index (κ3) is 4.95. The molecule has 1 aliphatic rings. The van der Waals surface area contributed by atoms with E-state index in [1.54, 1.807) is 28.8 Å². The quantitative estimate of drug-likeness (QED) is 0.384. The molecular weight excluding hydrogens is 481 g/mol. The summed E-state index contributed by atoms with van der Waals surface area (Å²) in [6.07, 6.45) is 4.71. The Balaban J connectivity index is 1.36. The maximum Gasteiger partial charge on any atom is 0.247 e. The standard InChI is InChI=1S/C25H29N5O3PS/c1-3-29-15-17-34(31,18-16-29)21-10-8-20(9-11-21)26-25-27-24-23(5-4-14-30(24)28-25)19-6-12-22(13-7-19)35(2,32)33/h4-14,31H,3,15-18H2,1-2H3,(H,26,28)/q+1. The van der Waals surface area contributed by atoms with Gasteiger partial charge in [-0.3, -0.25) is 4.90 Å². The largest absolute Gasteiger partial charge is 0.323 e. The second-order valence-electron chi connectivity index (χ2n) is 8.90. The van der Waals surface area contributed by atoms with Crippen LogP contribution in [0.15, 0.2) is 71.8 Å². The first kappa shape index (κ1) is 23.9. The summed E-state index contributed by atoms with van der Waals surface area (Å²) in [5.74, 6) is 0.461. The van der Waals surface area contributed by atoms with Crippen LogP contribution in [0.25, 0.3) is 16.8 Å². The van der Waals surface area contributed by atoms with Crippen molar-refractivity contribution in [3.63, 3.8) is 0 Å². The van der Waals surface area contributed by atoms with Gasteiger partial charge in [-0.05, 0) is 60.6 Å². The number of hydrogen-bond acceptors (Lipinski definition) is 7. The summed E-state index contributed by atoms with van der Waals surface area (Å²) < 4.78 is 25.3. The van der Waals surface area contributed by atoms with E-state index < -0.39 is 17.3 Å². The summed E-state index contributed by atoms with van der Waals surface area (Å²) in [6.45, 7) is 5.09. The van der Waals surface area contributed by atoms with E-state index in [2.05, 4.69) is 27.2 Å². The Morgan fingerprint density at radius 1 is 1.03 bits per heavy atom. The molecule has 2 aromatic heterocycles. The molecule has 0 bridgehead atoms. The first-order valence-electron chi connectivity index (χ1n) is 11.6. The molecule has 2 aromatic carbocycles. The highest BCUT2D eigenvalue weighted by atomic mass is 32.2. The van der Waals surface area contributed by atoms with E-state index in [1.807, 2.05) is 42.6 Å². The number of nitrogens with zero attached hydrogens (tertiary/aromatic N) is 4. The maximum atomic E-state index is 11.8. The van der Waals surface area contributed by atoms with E-state index in [9.17, 15) is 13.3 Å². The van der Waals surface area contributed by atoms with Crippen LogP contribution in [0.5, 0.6) is 0 Å². The third-order valence-electron chi connectivity index (χ3n) is 6.58. The Morgan fingerprint density at radius 3 is 2.34 bits per heavy atom. The number of sulfone groups is 1. The molecule has 1 aliphatic heterocycles. The molecule has 4 aromatic rings. The average molecular weight is 511 g/mol. The zero-order valence-corrected chi connectivity index (χ0v) is 21.5. The van der Waals surface area contributed by atoms with Gasteiger partial charge in [0.15, 0.2) is 23.0 Å². The summed E-state index contributed by atoms with van der Waals surface area (Å²) in [4.78, 5) is 18.6. The highest BCUT2D eigenvalue weighted by Crippen LogP contribution is 2.54. The van der Waals surface area contributed by atoms with Crippen LogP contribution in [-0.4, -0.2) is 71.0 Å². The summed E-state index contributed by atoms with van der Waals surface area (Å²) in [5.41, 5.74) is 3.23. The van der Waals surface area contributed by atoms with Gasteiger partial charge in [0.1, 0.15) is 17.6 Å². The van der Waals surface area contributed by atoms with Crippen molar-refractivity contribution < 1.29 is 13.3 Å². The molecule has 0 aliphatic carbocycles. The first-order valence-corrected chi connectivity index (χ1v) is 15.6. The van der Waals surface area contributed by atoms with Crippen molar-refractivity contribution in [2.24, 2.45) is 0 Å². The molecule has 182 valence electrons. The van der Waals surface area contributed by atoms with Crippen molar-refractivity contribution in [1.82, 2.24) is 19.5 Å². The molecule has 35 heavy (non-hydrogen) atoms. The smallest absolute Gasteiger partial charge is 0.247 e. The minimum Gasteiger partial charge on any atom is -0.323 e. The fourth-order valence-corrected chi connectivity index (χ4v) is 7.73. The molecule has 0 unspecified atom stereocenters. The minimum absolute atomic E-state index is 0.281. The van der Waals surface area contributed by atoms with E-state index in [-0.39, 0.29) is 4.90 Å². The van der Waals surface area contributed by atoms with Crippen molar-refractivity contribution in [3.8, 4) is 11.1 Å². The van der Waals surface area contributed by atoms with E-state index in [0.717, 1.165) is 54.1 Å². The lowest BCUT2D eigenvalue weighted by Gasteiger charge is -2.31. The van der Waals surface area contributed by atoms with Crippen molar-refractivity contribution in [2.75, 3.05) is 43.5 Å². The molecule has 5 rings (SSSR count). The third-order valence-corrected chi connectivity index (χ3v) is 10.8. The Hall–Kier alpha value is -2.84. The molecule has 8 nitrogen and oxygen atoms in total. The van der Waals surface area contributed by atoms with E-state index in [0.29, 0.717) is 11.6 Å². The number of hydrogen-bond donors (Lipinski definition) is 2. The van der Waals surface area contributed by atoms with Gasteiger partial charge in [0.2, 0.25) is 5.95 Å². The van der Waals surface area contributed by atoms with Crippen molar-refractivity contribution in [1.29, 1.82) is 0 Å². The number of fused-ring (bicyclic) bond motifs is 1. The van der Waals surface area contributed by atoms with Gasteiger partial charge in [-0.25, -0.2) is 17.8 Å². The Kier molecular flexibility index (Phi) is 6.36. The monoisotopic (exact) mass is 510 g/mol. The van der Waals surface area contributed by atoms with Crippen LogP contribution in [0.3, 0.4) is 0 Å². The molecule has 0 atom stereocenters. The van der Waals surface area contributed by atoms with Gasteiger partial charge in [0.25, 0.3) is 0 Å². The van der Waals surface area contributed by atoms with Crippen LogP contribution in [0.4, 0.5) is 11.6 Å². The van der Waals surface area contributed by atoms with Gasteiger partial charge in [0.05, 0.1) is 4.90 Å². The average Bonchev–Trinajstić information content (AvgIpc) is 3.27. The zero-order valence-electron chi connectivity index (χ0n) is 19.8. The van der Waals surface area contributed by atoms with Crippen molar-refractivity contribution >= 4 is 39.9 Å². The lowest BCUT2D eigenvalue weighted by molar-refractivity contribution is 0.308. The molecule has 0 radical (unpaired) electrons. The second-order valence-corrected chi connectivity index (χ2v) is 14.2. The molecule has 3 heterocycles. The molecule has 0 amide bonds.